The summed E-state index contributed by atoms with van der Waals surface area (Å²) < 4.78 is 15.4. The van der Waals surface area contributed by atoms with Gasteiger partial charge in [-0.15, -0.1) is 0 Å². The largest absolute Gasteiger partial charge is 0.352 e. The van der Waals surface area contributed by atoms with Crippen LogP contribution in [0.3, 0.4) is 0 Å². The van der Waals surface area contributed by atoms with E-state index in [1.807, 2.05) is 24.3 Å². The Kier molecular flexibility index (Phi) is 7.01. The number of aromatic nitrogens is 2. The van der Waals surface area contributed by atoms with Crippen molar-refractivity contribution in [2.45, 2.75) is 32.4 Å². The Morgan fingerprint density at radius 2 is 1.86 bits per heavy atom. The Hall–Kier alpha value is -4.04. The topological polar surface area (TPSA) is 62.2 Å². The van der Waals surface area contributed by atoms with E-state index < -0.39 is 0 Å². The van der Waals surface area contributed by atoms with Gasteiger partial charge in [0.15, 0.2) is 5.11 Å². The molecule has 188 valence electrons. The number of rotatable bonds is 7. The summed E-state index contributed by atoms with van der Waals surface area (Å²) in [6.45, 7) is 4.62. The van der Waals surface area contributed by atoms with Gasteiger partial charge in [0, 0.05) is 42.4 Å². The maximum Gasteiger partial charge on any atom is 0.226 e. The van der Waals surface area contributed by atoms with Crippen molar-refractivity contribution in [2.24, 2.45) is 0 Å². The highest BCUT2D eigenvalue weighted by molar-refractivity contribution is 7.80. The van der Waals surface area contributed by atoms with E-state index in [-0.39, 0.29) is 30.2 Å². The average molecular weight is 514 g/mol. The number of pyridine rings is 1. The van der Waals surface area contributed by atoms with E-state index in [0.717, 1.165) is 17.1 Å². The standard InChI is InChI=1S/C29H28FN5OS/c1-19-8-13-23(18-20(19)2)34-16-5-7-25(34)28-27(24-6-3-4-15-31-24)33-29(37)35(28)17-14-26(36)32-22-11-9-21(30)10-12-22/h3-13,15-16,18,27-28H,14,17H2,1-2H3,(H,32,36)(H,33,37)/t27-,28+/m1/s1. The highest BCUT2D eigenvalue weighted by Crippen LogP contribution is 2.39. The number of benzene rings is 2. The number of aryl methyl sites for hydroxylation is 2. The van der Waals surface area contributed by atoms with E-state index in [2.05, 4.69) is 69.4 Å². The molecule has 0 radical (unpaired) electrons. The molecule has 0 saturated carbocycles. The van der Waals surface area contributed by atoms with E-state index in [0.29, 0.717) is 17.3 Å². The first-order valence-corrected chi connectivity index (χ1v) is 12.6. The molecule has 4 aromatic rings. The molecule has 1 aliphatic rings. The number of nitrogens with one attached hydrogen (secondary N) is 2. The van der Waals surface area contributed by atoms with Gasteiger partial charge < -0.3 is 20.1 Å². The molecule has 6 nitrogen and oxygen atoms in total. The fourth-order valence-corrected chi connectivity index (χ4v) is 5.02. The Labute approximate surface area is 221 Å². The number of thiocarbonyl (C=S) groups is 1. The molecule has 2 N–H and O–H groups in total. The molecule has 5 rings (SSSR count). The fourth-order valence-electron chi connectivity index (χ4n) is 4.69. The molecule has 0 bridgehead atoms. The van der Waals surface area contributed by atoms with Gasteiger partial charge in [-0.25, -0.2) is 4.39 Å². The summed E-state index contributed by atoms with van der Waals surface area (Å²) in [7, 11) is 0. The number of amides is 1. The van der Waals surface area contributed by atoms with Gasteiger partial charge in [0.25, 0.3) is 0 Å². The number of hydrogen-bond acceptors (Lipinski definition) is 3. The molecule has 1 amide bonds. The normalized spacial score (nSPS) is 17.1. The van der Waals surface area contributed by atoms with Crippen LogP contribution in [-0.4, -0.2) is 32.0 Å². The van der Waals surface area contributed by atoms with Gasteiger partial charge in [0.05, 0.1) is 17.8 Å². The molecule has 37 heavy (non-hydrogen) atoms. The van der Waals surface area contributed by atoms with Crippen LogP contribution in [0.4, 0.5) is 10.1 Å². The number of anilines is 1. The number of nitrogens with zero attached hydrogens (tertiary/aromatic N) is 3. The monoisotopic (exact) mass is 513 g/mol. The predicted octanol–water partition coefficient (Wildman–Crippen LogP) is 5.63. The zero-order chi connectivity index (χ0) is 25.9. The molecule has 0 aliphatic carbocycles. The molecule has 2 aromatic heterocycles. The lowest BCUT2D eigenvalue weighted by Gasteiger charge is -2.29. The van der Waals surface area contributed by atoms with E-state index in [9.17, 15) is 9.18 Å². The van der Waals surface area contributed by atoms with Gasteiger partial charge in [-0.1, -0.05) is 12.1 Å². The highest BCUT2D eigenvalue weighted by atomic mass is 32.1. The van der Waals surface area contributed by atoms with Crippen LogP contribution < -0.4 is 10.6 Å². The molecule has 3 heterocycles. The summed E-state index contributed by atoms with van der Waals surface area (Å²) in [5.41, 5.74) is 6.00. The number of halogens is 1. The summed E-state index contributed by atoms with van der Waals surface area (Å²) in [6, 6.07) is 21.8. The van der Waals surface area contributed by atoms with Gasteiger partial charge in [-0.3, -0.25) is 9.78 Å². The molecule has 8 heteroatoms. The van der Waals surface area contributed by atoms with Crippen LogP contribution in [0.25, 0.3) is 5.69 Å². The molecule has 2 atom stereocenters. The summed E-state index contributed by atoms with van der Waals surface area (Å²) in [4.78, 5) is 19.4. The first-order valence-electron chi connectivity index (χ1n) is 12.2. The summed E-state index contributed by atoms with van der Waals surface area (Å²) in [6.07, 6.45) is 4.04. The maximum atomic E-state index is 13.2. The molecule has 0 unspecified atom stereocenters. The lowest BCUT2D eigenvalue weighted by atomic mass is 10.0. The second kappa shape index (κ2) is 10.5. The Balaban J connectivity index is 1.44. The van der Waals surface area contributed by atoms with Gasteiger partial charge in [-0.2, -0.15) is 0 Å². The maximum absolute atomic E-state index is 13.2. The third-order valence-corrected chi connectivity index (χ3v) is 7.11. The van der Waals surface area contributed by atoms with Crippen LogP contribution in [0.5, 0.6) is 0 Å². The molecule has 1 saturated heterocycles. The number of carbonyl (C=O) groups excluding carboxylic acids is 1. The van der Waals surface area contributed by atoms with E-state index in [4.69, 9.17) is 12.2 Å². The minimum Gasteiger partial charge on any atom is -0.352 e. The van der Waals surface area contributed by atoms with Crippen molar-refractivity contribution >= 4 is 28.9 Å². The number of hydrogen-bond donors (Lipinski definition) is 2. The molecule has 0 spiro atoms. The van der Waals surface area contributed by atoms with Crippen LogP contribution in [0.15, 0.2) is 85.2 Å². The smallest absolute Gasteiger partial charge is 0.226 e. The van der Waals surface area contributed by atoms with Gasteiger partial charge in [-0.05, 0) is 97.9 Å². The van der Waals surface area contributed by atoms with Gasteiger partial charge >= 0.3 is 0 Å². The van der Waals surface area contributed by atoms with Gasteiger partial charge in [0.1, 0.15) is 5.82 Å². The minimum absolute atomic E-state index is 0.168. The Morgan fingerprint density at radius 3 is 2.59 bits per heavy atom. The van der Waals surface area contributed by atoms with Crippen LogP contribution in [-0.2, 0) is 4.79 Å². The lowest BCUT2D eigenvalue weighted by Crippen LogP contribution is -2.33. The first kappa shape index (κ1) is 24.6. The summed E-state index contributed by atoms with van der Waals surface area (Å²) in [5, 5.41) is 6.85. The zero-order valence-corrected chi connectivity index (χ0v) is 21.5. The second-order valence-electron chi connectivity index (χ2n) is 9.20. The van der Waals surface area contributed by atoms with E-state index in [1.54, 1.807) is 18.3 Å². The van der Waals surface area contributed by atoms with Crippen LogP contribution >= 0.6 is 12.2 Å². The van der Waals surface area contributed by atoms with Crippen LogP contribution in [0.1, 0.15) is 41.0 Å². The number of carbonyl (C=O) groups is 1. The first-order chi connectivity index (χ1) is 17.9. The molecular formula is C29H28FN5OS. The van der Waals surface area contributed by atoms with Crippen molar-refractivity contribution in [3.63, 3.8) is 0 Å². The second-order valence-corrected chi connectivity index (χ2v) is 9.58. The average Bonchev–Trinajstić information content (AvgIpc) is 3.50. The van der Waals surface area contributed by atoms with Crippen LogP contribution in [0.2, 0.25) is 0 Å². The predicted molar refractivity (Wildman–Crippen MR) is 147 cm³/mol. The molecule has 2 aromatic carbocycles. The van der Waals surface area contributed by atoms with Crippen molar-refractivity contribution in [1.82, 2.24) is 19.8 Å². The van der Waals surface area contributed by atoms with E-state index >= 15 is 0 Å². The van der Waals surface area contributed by atoms with E-state index in [1.165, 1.54) is 23.3 Å². The van der Waals surface area contributed by atoms with Gasteiger partial charge in [0.2, 0.25) is 5.91 Å². The lowest BCUT2D eigenvalue weighted by molar-refractivity contribution is -0.116. The molecule has 1 aliphatic heterocycles. The minimum atomic E-state index is -0.346. The third-order valence-electron chi connectivity index (χ3n) is 6.76. The van der Waals surface area contributed by atoms with Crippen molar-refractivity contribution in [3.8, 4) is 5.69 Å². The molecule has 1 fully saturated rings. The Bertz CT molecular complexity index is 1420. The van der Waals surface area contributed by atoms with Crippen molar-refractivity contribution in [2.75, 3.05) is 11.9 Å². The molecular weight excluding hydrogens is 485 g/mol. The fraction of sp³-hybridized carbons (Fsp3) is 0.207. The summed E-state index contributed by atoms with van der Waals surface area (Å²) in [5.74, 6) is -0.513. The Morgan fingerprint density at radius 1 is 1.05 bits per heavy atom. The van der Waals surface area contributed by atoms with Crippen molar-refractivity contribution in [1.29, 1.82) is 0 Å². The zero-order valence-electron chi connectivity index (χ0n) is 20.7. The highest BCUT2D eigenvalue weighted by Gasteiger charge is 2.41. The quantitative estimate of drug-likeness (QED) is 0.314. The van der Waals surface area contributed by atoms with Crippen LogP contribution in [0, 0.1) is 19.7 Å². The van der Waals surface area contributed by atoms with Crippen molar-refractivity contribution in [3.05, 3.63) is 114 Å². The van der Waals surface area contributed by atoms with Crippen molar-refractivity contribution < 1.29 is 9.18 Å². The SMILES string of the molecule is Cc1ccc(-n2cccc2[C@H]2[C@@H](c3ccccn3)NC(=S)N2CCC(=O)Nc2ccc(F)cc2)cc1C. The third kappa shape index (κ3) is 5.24. The summed E-state index contributed by atoms with van der Waals surface area (Å²) >= 11 is 5.77.